The molecule has 4 nitrogen and oxygen atoms in total. The van der Waals surface area contributed by atoms with Gasteiger partial charge in [0.05, 0.1) is 17.2 Å². The molecule has 0 saturated heterocycles. The molecule has 0 fully saturated rings. The third-order valence-corrected chi connectivity index (χ3v) is 4.31. The molecule has 1 aromatic carbocycles. The summed E-state index contributed by atoms with van der Waals surface area (Å²) in [4.78, 5) is 9.90. The Labute approximate surface area is 131 Å². The van der Waals surface area contributed by atoms with Gasteiger partial charge in [-0.1, -0.05) is 12.1 Å². The highest BCUT2D eigenvalue weighted by Crippen LogP contribution is 2.29. The van der Waals surface area contributed by atoms with Crippen LogP contribution in [-0.4, -0.2) is 19.5 Å². The molecule has 6 heteroatoms. The lowest BCUT2D eigenvalue weighted by atomic mass is 10.1. The van der Waals surface area contributed by atoms with E-state index in [1.165, 1.54) is 4.88 Å². The van der Waals surface area contributed by atoms with Crippen molar-refractivity contribution in [3.8, 4) is 16.3 Å². The van der Waals surface area contributed by atoms with Gasteiger partial charge in [-0.3, -0.25) is 9.38 Å². The maximum Gasteiger partial charge on any atom is 0.219 e. The molecular weight excluding hydrogens is 306 g/mol. The second kappa shape index (κ2) is 5.02. The summed E-state index contributed by atoms with van der Waals surface area (Å²) in [5, 5.41) is 12.2. The van der Waals surface area contributed by atoms with Gasteiger partial charge in [-0.2, -0.15) is 0 Å². The van der Waals surface area contributed by atoms with Crippen molar-refractivity contribution >= 4 is 40.4 Å². The van der Waals surface area contributed by atoms with E-state index in [2.05, 4.69) is 21.4 Å². The first-order valence-corrected chi connectivity index (χ1v) is 7.12. The van der Waals surface area contributed by atoms with Crippen LogP contribution < -0.4 is 0 Å². The van der Waals surface area contributed by atoms with Crippen LogP contribution >= 0.6 is 23.7 Å². The molecule has 1 N–H and O–H groups in total. The number of halogens is 1. The Kier molecular flexibility index (Phi) is 3.31. The number of aromatic hydroxyl groups is 1. The average molecular weight is 318 g/mol. The Morgan fingerprint density at radius 3 is 2.86 bits per heavy atom. The summed E-state index contributed by atoms with van der Waals surface area (Å²) in [5.41, 5.74) is 4.10. The third kappa shape index (κ3) is 2.05. The minimum absolute atomic E-state index is 0. The van der Waals surface area contributed by atoms with Crippen molar-refractivity contribution in [2.24, 2.45) is 0 Å². The molecule has 4 rings (SSSR count). The fourth-order valence-electron chi connectivity index (χ4n) is 2.40. The Hall–Kier alpha value is -2.11. The minimum atomic E-state index is 0. The highest BCUT2D eigenvalue weighted by atomic mass is 35.5. The van der Waals surface area contributed by atoms with Crippen LogP contribution in [0, 0.1) is 6.92 Å². The van der Waals surface area contributed by atoms with Crippen molar-refractivity contribution in [3.05, 3.63) is 47.6 Å². The summed E-state index contributed by atoms with van der Waals surface area (Å²) in [5.74, 6) is 0.177. The van der Waals surface area contributed by atoms with Crippen molar-refractivity contribution in [2.75, 3.05) is 0 Å². The zero-order valence-electron chi connectivity index (χ0n) is 11.1. The molecule has 0 unspecified atom stereocenters. The van der Waals surface area contributed by atoms with Gasteiger partial charge in [-0.25, -0.2) is 4.98 Å². The minimum Gasteiger partial charge on any atom is -0.493 e. The lowest BCUT2D eigenvalue weighted by Gasteiger charge is -2.05. The molecule has 0 aliphatic rings. The number of aryl methyl sites for hydroxylation is 1. The number of hydrogen-bond donors (Lipinski definition) is 1. The molecule has 4 aromatic rings. The largest absolute Gasteiger partial charge is 0.493 e. The van der Waals surface area contributed by atoms with E-state index in [1.807, 2.05) is 24.3 Å². The van der Waals surface area contributed by atoms with E-state index in [0.717, 1.165) is 16.6 Å². The van der Waals surface area contributed by atoms with Crippen molar-refractivity contribution < 1.29 is 5.11 Å². The Balaban J connectivity index is 0.00000132. The summed E-state index contributed by atoms with van der Waals surface area (Å²) in [6.45, 7) is 1.79. The average Bonchev–Trinajstić information content (AvgIpc) is 3.08. The van der Waals surface area contributed by atoms with Crippen molar-refractivity contribution in [2.45, 2.75) is 6.92 Å². The predicted molar refractivity (Wildman–Crippen MR) is 87.5 cm³/mol. The highest BCUT2D eigenvalue weighted by molar-refractivity contribution is 7.13. The summed E-state index contributed by atoms with van der Waals surface area (Å²) in [6, 6.07) is 10.2. The van der Waals surface area contributed by atoms with Crippen LogP contribution in [0.15, 0.2) is 41.9 Å². The molecular formula is C15H12ClN3OS. The Morgan fingerprint density at radius 2 is 2.10 bits per heavy atom. The molecule has 3 aromatic heterocycles. The summed E-state index contributed by atoms with van der Waals surface area (Å²) >= 11 is 1.69. The molecule has 0 spiro atoms. The van der Waals surface area contributed by atoms with E-state index in [9.17, 15) is 5.11 Å². The number of rotatable bonds is 1. The number of thiophene rings is 1. The predicted octanol–water partition coefficient (Wildman–Crippen LogP) is 4.05. The second-order valence-electron chi connectivity index (χ2n) is 4.65. The normalized spacial score (nSPS) is 10.9. The molecule has 0 aliphatic heterocycles. The molecule has 3 heterocycles. The number of nitrogens with zero attached hydrogens (tertiary/aromatic N) is 3. The number of aromatic nitrogens is 3. The number of imidazole rings is 1. The van der Waals surface area contributed by atoms with Crippen LogP contribution in [0.3, 0.4) is 0 Å². The molecule has 0 bridgehead atoms. The lowest BCUT2D eigenvalue weighted by Crippen LogP contribution is -1.91. The lowest BCUT2D eigenvalue weighted by molar-refractivity contribution is 0.446. The summed E-state index contributed by atoms with van der Waals surface area (Å²) < 4.78 is 1.74. The molecule has 0 saturated carbocycles. The zero-order chi connectivity index (χ0) is 13.7. The molecule has 0 aliphatic carbocycles. The van der Waals surface area contributed by atoms with E-state index >= 15 is 0 Å². The number of fused-ring (bicyclic) bond motifs is 3. The molecule has 106 valence electrons. The van der Waals surface area contributed by atoms with Gasteiger partial charge in [0, 0.05) is 4.88 Å². The molecule has 0 amide bonds. The first-order valence-electron chi connectivity index (χ1n) is 6.25. The molecule has 0 radical (unpaired) electrons. The third-order valence-electron chi connectivity index (χ3n) is 3.39. The first kappa shape index (κ1) is 13.9. The highest BCUT2D eigenvalue weighted by Gasteiger charge is 2.11. The SMILES string of the molecule is Cc1nc2cnc3ccc(-c4cccs4)cc3n2c1O.Cl. The fraction of sp³-hybridized carbons (Fsp3) is 0.0667. The van der Waals surface area contributed by atoms with Crippen LogP contribution in [0.2, 0.25) is 0 Å². The van der Waals surface area contributed by atoms with Gasteiger partial charge >= 0.3 is 0 Å². The maximum atomic E-state index is 10.2. The number of benzene rings is 1. The van der Waals surface area contributed by atoms with Crippen molar-refractivity contribution in [1.82, 2.24) is 14.4 Å². The van der Waals surface area contributed by atoms with E-state index in [-0.39, 0.29) is 18.3 Å². The van der Waals surface area contributed by atoms with E-state index in [1.54, 1.807) is 28.9 Å². The topological polar surface area (TPSA) is 50.4 Å². The van der Waals surface area contributed by atoms with Gasteiger partial charge in [-0.15, -0.1) is 23.7 Å². The molecule has 21 heavy (non-hydrogen) atoms. The van der Waals surface area contributed by atoms with Crippen LogP contribution in [-0.2, 0) is 0 Å². The standard InChI is InChI=1S/C15H11N3OS.ClH/c1-9-15(19)18-12-7-10(13-3-2-6-20-13)4-5-11(12)16-8-14(18)17-9;/h2-8,19H,1H3;1H. The van der Waals surface area contributed by atoms with E-state index in [4.69, 9.17) is 0 Å². The smallest absolute Gasteiger partial charge is 0.219 e. The quantitative estimate of drug-likeness (QED) is 0.576. The monoisotopic (exact) mass is 317 g/mol. The van der Waals surface area contributed by atoms with Crippen LogP contribution in [0.1, 0.15) is 5.69 Å². The van der Waals surface area contributed by atoms with Gasteiger partial charge in [0.2, 0.25) is 5.88 Å². The van der Waals surface area contributed by atoms with E-state index in [0.29, 0.717) is 11.3 Å². The van der Waals surface area contributed by atoms with Gasteiger partial charge in [0.15, 0.2) is 5.65 Å². The van der Waals surface area contributed by atoms with Crippen LogP contribution in [0.25, 0.3) is 27.1 Å². The van der Waals surface area contributed by atoms with Crippen LogP contribution in [0.4, 0.5) is 0 Å². The van der Waals surface area contributed by atoms with Gasteiger partial charge in [0.1, 0.15) is 5.69 Å². The summed E-state index contributed by atoms with van der Waals surface area (Å²) in [7, 11) is 0. The zero-order valence-corrected chi connectivity index (χ0v) is 12.8. The summed E-state index contributed by atoms with van der Waals surface area (Å²) in [6.07, 6.45) is 1.68. The first-order chi connectivity index (χ1) is 9.74. The van der Waals surface area contributed by atoms with Gasteiger partial charge < -0.3 is 5.11 Å². The van der Waals surface area contributed by atoms with Crippen molar-refractivity contribution in [1.29, 1.82) is 0 Å². The maximum absolute atomic E-state index is 10.2. The Bertz CT molecular complexity index is 931. The van der Waals surface area contributed by atoms with Crippen LogP contribution in [0.5, 0.6) is 5.88 Å². The second-order valence-corrected chi connectivity index (χ2v) is 5.60. The molecule has 0 atom stereocenters. The van der Waals surface area contributed by atoms with Gasteiger partial charge in [0.25, 0.3) is 0 Å². The fourth-order valence-corrected chi connectivity index (χ4v) is 3.13. The number of hydrogen-bond acceptors (Lipinski definition) is 4. The van der Waals surface area contributed by atoms with Crippen molar-refractivity contribution in [3.63, 3.8) is 0 Å². The van der Waals surface area contributed by atoms with E-state index < -0.39 is 0 Å². The Morgan fingerprint density at radius 1 is 1.24 bits per heavy atom. The van der Waals surface area contributed by atoms with Gasteiger partial charge in [-0.05, 0) is 36.1 Å².